The molecule has 1 aliphatic rings. The molecule has 0 aliphatic carbocycles. The quantitative estimate of drug-likeness (QED) is 0.903. The lowest BCUT2D eigenvalue weighted by Crippen LogP contribution is -2.38. The highest BCUT2D eigenvalue weighted by molar-refractivity contribution is 5.92. The molecule has 5 heteroatoms. The second-order valence-corrected chi connectivity index (χ2v) is 4.96. The average molecular weight is 262 g/mol. The summed E-state index contributed by atoms with van der Waals surface area (Å²) in [6.45, 7) is 6.69. The number of anilines is 1. The van der Waals surface area contributed by atoms with Gasteiger partial charge in [0.15, 0.2) is 0 Å². The van der Waals surface area contributed by atoms with Crippen molar-refractivity contribution in [1.82, 2.24) is 14.9 Å². The van der Waals surface area contributed by atoms with E-state index in [0.717, 1.165) is 38.4 Å². The summed E-state index contributed by atoms with van der Waals surface area (Å²) in [6, 6.07) is 0. The zero-order valence-electron chi connectivity index (χ0n) is 11.7. The van der Waals surface area contributed by atoms with Crippen molar-refractivity contribution in [2.45, 2.75) is 33.1 Å². The Balaban J connectivity index is 1.96. The van der Waals surface area contributed by atoms with Crippen molar-refractivity contribution in [1.29, 1.82) is 0 Å². The largest absolute Gasteiger partial charge is 0.369 e. The molecular formula is C14H22N4O. The molecule has 19 heavy (non-hydrogen) atoms. The first-order valence-electron chi connectivity index (χ1n) is 7.09. The number of rotatable bonds is 4. The predicted octanol–water partition coefficient (Wildman–Crippen LogP) is 2.17. The van der Waals surface area contributed by atoms with Crippen molar-refractivity contribution < 1.29 is 4.79 Å². The summed E-state index contributed by atoms with van der Waals surface area (Å²) < 4.78 is 0. The number of carbonyl (C=O) groups is 1. The van der Waals surface area contributed by atoms with Gasteiger partial charge in [-0.05, 0) is 25.7 Å². The maximum atomic E-state index is 12.3. The first-order valence-corrected chi connectivity index (χ1v) is 7.09. The van der Waals surface area contributed by atoms with Gasteiger partial charge in [0.1, 0.15) is 11.5 Å². The molecule has 1 saturated heterocycles. The fourth-order valence-electron chi connectivity index (χ4n) is 2.42. The molecular weight excluding hydrogens is 240 g/mol. The molecule has 0 spiro atoms. The van der Waals surface area contributed by atoms with Gasteiger partial charge in [-0.15, -0.1) is 0 Å². The zero-order chi connectivity index (χ0) is 13.7. The molecule has 0 unspecified atom stereocenters. The van der Waals surface area contributed by atoms with Gasteiger partial charge in [-0.1, -0.05) is 13.3 Å². The van der Waals surface area contributed by atoms with Crippen LogP contribution in [0.1, 0.15) is 43.6 Å². The van der Waals surface area contributed by atoms with Crippen molar-refractivity contribution in [2.24, 2.45) is 5.92 Å². The van der Waals surface area contributed by atoms with E-state index in [1.165, 1.54) is 6.42 Å². The number of likely N-dealkylation sites (tertiary alicyclic amines) is 1. The highest BCUT2D eigenvalue weighted by Crippen LogP contribution is 2.20. The summed E-state index contributed by atoms with van der Waals surface area (Å²) in [5.74, 6) is 1.49. The molecule has 0 atom stereocenters. The van der Waals surface area contributed by atoms with Crippen LogP contribution in [0.3, 0.4) is 0 Å². The second-order valence-electron chi connectivity index (χ2n) is 4.96. The van der Waals surface area contributed by atoms with Crippen LogP contribution >= 0.6 is 0 Å². The van der Waals surface area contributed by atoms with E-state index in [4.69, 9.17) is 0 Å². The number of piperidine rings is 1. The molecule has 1 fully saturated rings. The van der Waals surface area contributed by atoms with Crippen LogP contribution in [0.4, 0.5) is 5.82 Å². The van der Waals surface area contributed by atoms with Crippen LogP contribution in [-0.4, -0.2) is 40.4 Å². The van der Waals surface area contributed by atoms with Gasteiger partial charge in [0.05, 0.1) is 12.4 Å². The molecule has 1 aromatic heterocycles. The topological polar surface area (TPSA) is 58.1 Å². The molecule has 1 N–H and O–H groups in total. The highest BCUT2D eigenvalue weighted by Gasteiger charge is 2.23. The first kappa shape index (κ1) is 13.8. The lowest BCUT2D eigenvalue weighted by atomic mass is 9.94. The second kappa shape index (κ2) is 6.50. The minimum absolute atomic E-state index is 0.00472. The van der Waals surface area contributed by atoms with Gasteiger partial charge < -0.3 is 10.2 Å². The van der Waals surface area contributed by atoms with Gasteiger partial charge in [-0.3, -0.25) is 4.79 Å². The molecule has 0 saturated carbocycles. The third kappa shape index (κ3) is 3.43. The molecule has 5 nitrogen and oxygen atoms in total. The van der Waals surface area contributed by atoms with Gasteiger partial charge >= 0.3 is 0 Å². The Hall–Kier alpha value is -1.65. The SMILES string of the molecule is CCNc1cnc(C(=O)N2CCC(CC)CC2)cn1. The summed E-state index contributed by atoms with van der Waals surface area (Å²) in [4.78, 5) is 22.5. The summed E-state index contributed by atoms with van der Waals surface area (Å²) in [7, 11) is 0. The standard InChI is InChI=1S/C14H22N4O/c1-3-11-5-7-18(8-6-11)14(19)12-9-17-13(10-16-12)15-4-2/h9-11H,3-8H2,1-2H3,(H,15,17). The summed E-state index contributed by atoms with van der Waals surface area (Å²) in [6.07, 6.45) is 6.59. The summed E-state index contributed by atoms with van der Waals surface area (Å²) >= 11 is 0. The Morgan fingerprint density at radius 1 is 1.32 bits per heavy atom. The van der Waals surface area contributed by atoms with Crippen molar-refractivity contribution >= 4 is 11.7 Å². The van der Waals surface area contributed by atoms with E-state index in [0.29, 0.717) is 11.5 Å². The molecule has 0 bridgehead atoms. The van der Waals surface area contributed by atoms with E-state index in [-0.39, 0.29) is 5.91 Å². The van der Waals surface area contributed by atoms with Crippen LogP contribution in [0.5, 0.6) is 0 Å². The molecule has 2 heterocycles. The minimum atomic E-state index is 0.00472. The van der Waals surface area contributed by atoms with Crippen molar-refractivity contribution in [2.75, 3.05) is 25.0 Å². The Morgan fingerprint density at radius 3 is 2.58 bits per heavy atom. The predicted molar refractivity (Wildman–Crippen MR) is 75.1 cm³/mol. The Bertz CT molecular complexity index is 410. The fraction of sp³-hybridized carbons (Fsp3) is 0.643. The molecule has 2 rings (SSSR count). The zero-order valence-corrected chi connectivity index (χ0v) is 11.7. The van der Waals surface area contributed by atoms with Gasteiger partial charge in [-0.2, -0.15) is 0 Å². The smallest absolute Gasteiger partial charge is 0.274 e. The van der Waals surface area contributed by atoms with E-state index in [1.54, 1.807) is 12.4 Å². The number of aromatic nitrogens is 2. The van der Waals surface area contributed by atoms with Gasteiger partial charge in [0.25, 0.3) is 5.91 Å². The fourth-order valence-corrected chi connectivity index (χ4v) is 2.42. The third-order valence-corrected chi connectivity index (χ3v) is 3.71. The number of nitrogens with zero attached hydrogens (tertiary/aromatic N) is 3. The van der Waals surface area contributed by atoms with Crippen molar-refractivity contribution in [3.05, 3.63) is 18.1 Å². The van der Waals surface area contributed by atoms with Crippen LogP contribution in [0.2, 0.25) is 0 Å². The maximum Gasteiger partial charge on any atom is 0.274 e. The van der Waals surface area contributed by atoms with E-state index in [1.807, 2.05) is 11.8 Å². The lowest BCUT2D eigenvalue weighted by Gasteiger charge is -2.31. The Labute approximate surface area is 114 Å². The van der Waals surface area contributed by atoms with E-state index < -0.39 is 0 Å². The normalized spacial score (nSPS) is 16.4. The maximum absolute atomic E-state index is 12.3. The number of carbonyl (C=O) groups excluding carboxylic acids is 1. The Morgan fingerprint density at radius 2 is 2.05 bits per heavy atom. The van der Waals surface area contributed by atoms with E-state index in [2.05, 4.69) is 22.2 Å². The van der Waals surface area contributed by atoms with Crippen LogP contribution in [0.15, 0.2) is 12.4 Å². The van der Waals surface area contributed by atoms with Crippen molar-refractivity contribution in [3.8, 4) is 0 Å². The number of nitrogens with one attached hydrogen (secondary N) is 1. The summed E-state index contributed by atoms with van der Waals surface area (Å²) in [5, 5.41) is 3.07. The van der Waals surface area contributed by atoms with Gasteiger partial charge in [-0.25, -0.2) is 9.97 Å². The first-order chi connectivity index (χ1) is 9.24. The van der Waals surface area contributed by atoms with Gasteiger partial charge in [0, 0.05) is 19.6 Å². The molecule has 1 amide bonds. The average Bonchev–Trinajstić information content (AvgIpc) is 2.48. The third-order valence-electron chi connectivity index (χ3n) is 3.71. The molecule has 1 aromatic rings. The van der Waals surface area contributed by atoms with E-state index in [9.17, 15) is 4.79 Å². The van der Waals surface area contributed by atoms with Crippen LogP contribution in [-0.2, 0) is 0 Å². The molecule has 0 aromatic carbocycles. The van der Waals surface area contributed by atoms with Gasteiger partial charge in [0.2, 0.25) is 0 Å². The number of hydrogen-bond acceptors (Lipinski definition) is 4. The molecule has 0 radical (unpaired) electrons. The van der Waals surface area contributed by atoms with Crippen LogP contribution in [0, 0.1) is 5.92 Å². The number of amides is 1. The minimum Gasteiger partial charge on any atom is -0.369 e. The lowest BCUT2D eigenvalue weighted by molar-refractivity contribution is 0.0682. The Kier molecular flexibility index (Phi) is 4.71. The summed E-state index contributed by atoms with van der Waals surface area (Å²) in [5.41, 5.74) is 0.441. The number of hydrogen-bond donors (Lipinski definition) is 1. The highest BCUT2D eigenvalue weighted by atomic mass is 16.2. The van der Waals surface area contributed by atoms with Crippen molar-refractivity contribution in [3.63, 3.8) is 0 Å². The molecule has 104 valence electrons. The monoisotopic (exact) mass is 262 g/mol. The van der Waals surface area contributed by atoms with Crippen LogP contribution < -0.4 is 5.32 Å². The molecule has 1 aliphatic heterocycles. The van der Waals surface area contributed by atoms with E-state index >= 15 is 0 Å². The van der Waals surface area contributed by atoms with Crippen LogP contribution in [0.25, 0.3) is 0 Å².